The zero-order chi connectivity index (χ0) is 21.2. The van der Waals surface area contributed by atoms with Crippen molar-refractivity contribution in [2.45, 2.75) is 0 Å². The maximum Gasteiger partial charge on any atom is 0.161 e. The lowest BCUT2D eigenvalue weighted by Crippen LogP contribution is -2.43. The molecule has 158 valence electrons. The van der Waals surface area contributed by atoms with Gasteiger partial charge in [0.25, 0.3) is 0 Å². The number of nitrogens with zero attached hydrogens (tertiary/aromatic N) is 3. The van der Waals surface area contributed by atoms with Crippen LogP contribution in [0.2, 0.25) is 0 Å². The summed E-state index contributed by atoms with van der Waals surface area (Å²) < 4.78 is 10.8. The van der Waals surface area contributed by atoms with Crippen molar-refractivity contribution in [3.63, 3.8) is 0 Å². The van der Waals surface area contributed by atoms with Crippen molar-refractivity contribution in [1.29, 1.82) is 0 Å². The number of fused-ring (bicyclic) bond motifs is 1. The zero-order valence-corrected chi connectivity index (χ0v) is 17.7. The van der Waals surface area contributed by atoms with E-state index in [4.69, 9.17) is 14.5 Å². The Labute approximate surface area is 181 Å². The average Bonchev–Trinajstić information content (AvgIpc) is 3.27. The molecule has 4 heterocycles. The van der Waals surface area contributed by atoms with Gasteiger partial charge in [0.05, 0.1) is 14.2 Å². The van der Waals surface area contributed by atoms with E-state index in [9.17, 15) is 0 Å². The normalized spacial score (nSPS) is 14.1. The number of rotatable bonds is 5. The fourth-order valence-corrected chi connectivity index (χ4v) is 4.04. The van der Waals surface area contributed by atoms with Gasteiger partial charge in [0, 0.05) is 66.8 Å². The molecule has 1 fully saturated rings. The van der Waals surface area contributed by atoms with Gasteiger partial charge in [0.1, 0.15) is 11.5 Å². The molecule has 0 radical (unpaired) electrons. The highest BCUT2D eigenvalue weighted by atomic mass is 16.5. The summed E-state index contributed by atoms with van der Waals surface area (Å²) in [6.07, 6.45) is 5.80. The Morgan fingerprint density at radius 1 is 0.839 bits per heavy atom. The fourth-order valence-electron chi connectivity index (χ4n) is 4.04. The quantitative estimate of drug-likeness (QED) is 0.518. The highest BCUT2D eigenvalue weighted by Crippen LogP contribution is 2.36. The molecule has 2 N–H and O–H groups in total. The lowest BCUT2D eigenvalue weighted by molar-refractivity contribution is 0.355. The van der Waals surface area contributed by atoms with Gasteiger partial charge in [0.2, 0.25) is 0 Å². The lowest BCUT2D eigenvalue weighted by atomic mass is 10.0. The number of pyridine rings is 2. The summed E-state index contributed by atoms with van der Waals surface area (Å²) in [7, 11) is 3.29. The number of aromatic amines is 1. The first-order chi connectivity index (χ1) is 15.3. The molecule has 1 aromatic carbocycles. The second kappa shape index (κ2) is 8.28. The SMILES string of the molecule is COc1ccc(-c2c[nH]c3ncc(-c4ccc(N5CCNCC5)nc4)cc23)cc1OC. The number of piperazine rings is 1. The monoisotopic (exact) mass is 415 g/mol. The second-order valence-electron chi connectivity index (χ2n) is 7.53. The van der Waals surface area contributed by atoms with Gasteiger partial charge >= 0.3 is 0 Å². The summed E-state index contributed by atoms with van der Waals surface area (Å²) in [6.45, 7) is 3.96. The van der Waals surface area contributed by atoms with Gasteiger partial charge in [-0.1, -0.05) is 6.07 Å². The average molecular weight is 415 g/mol. The van der Waals surface area contributed by atoms with Crippen molar-refractivity contribution >= 4 is 16.9 Å². The number of hydrogen-bond donors (Lipinski definition) is 2. The van der Waals surface area contributed by atoms with Crippen LogP contribution in [-0.2, 0) is 0 Å². The summed E-state index contributed by atoms with van der Waals surface area (Å²) in [5.41, 5.74) is 5.03. The molecule has 1 aliphatic rings. The number of hydrogen-bond acceptors (Lipinski definition) is 6. The van der Waals surface area contributed by atoms with Crippen LogP contribution in [0.25, 0.3) is 33.3 Å². The van der Waals surface area contributed by atoms with Crippen molar-refractivity contribution < 1.29 is 9.47 Å². The van der Waals surface area contributed by atoms with E-state index in [1.54, 1.807) is 14.2 Å². The van der Waals surface area contributed by atoms with Crippen molar-refractivity contribution in [3.05, 3.63) is 55.0 Å². The smallest absolute Gasteiger partial charge is 0.161 e. The number of benzene rings is 1. The van der Waals surface area contributed by atoms with Crippen molar-refractivity contribution in [1.82, 2.24) is 20.3 Å². The van der Waals surface area contributed by atoms with Gasteiger partial charge in [-0.15, -0.1) is 0 Å². The predicted octanol–water partition coefficient (Wildman–Crippen LogP) is 3.72. The van der Waals surface area contributed by atoms with E-state index in [1.807, 2.05) is 36.8 Å². The van der Waals surface area contributed by atoms with Crippen molar-refractivity contribution in [3.8, 4) is 33.8 Å². The molecular weight excluding hydrogens is 390 g/mol. The number of H-pyrrole nitrogens is 1. The summed E-state index contributed by atoms with van der Waals surface area (Å²) in [4.78, 5) is 14.9. The molecule has 0 amide bonds. The molecule has 7 heteroatoms. The molecule has 0 aliphatic carbocycles. The summed E-state index contributed by atoms with van der Waals surface area (Å²) in [5, 5.41) is 4.42. The first kappa shape index (κ1) is 19.4. The first-order valence-corrected chi connectivity index (χ1v) is 10.4. The van der Waals surface area contributed by atoms with Crippen LogP contribution in [0.5, 0.6) is 11.5 Å². The molecule has 7 nitrogen and oxygen atoms in total. The third kappa shape index (κ3) is 3.68. The van der Waals surface area contributed by atoms with Gasteiger partial charge in [-0.05, 0) is 35.9 Å². The number of nitrogens with one attached hydrogen (secondary N) is 2. The standard InChI is InChI=1S/C24H25N5O2/c1-30-21-5-3-16(12-22(21)31-2)20-15-28-24-19(20)11-18(14-27-24)17-4-6-23(26-13-17)29-9-7-25-8-10-29/h3-6,11-15,25H,7-10H2,1-2H3,(H,27,28). The molecule has 0 saturated carbocycles. The van der Waals surface area contributed by atoms with E-state index < -0.39 is 0 Å². The van der Waals surface area contributed by atoms with E-state index in [2.05, 4.69) is 38.4 Å². The van der Waals surface area contributed by atoms with E-state index in [-0.39, 0.29) is 0 Å². The maximum atomic E-state index is 5.47. The molecule has 0 unspecified atom stereocenters. The Morgan fingerprint density at radius 2 is 1.61 bits per heavy atom. The van der Waals surface area contributed by atoms with Gasteiger partial charge in [-0.3, -0.25) is 0 Å². The number of aromatic nitrogens is 3. The minimum Gasteiger partial charge on any atom is -0.493 e. The summed E-state index contributed by atoms with van der Waals surface area (Å²) in [6, 6.07) is 12.3. The first-order valence-electron chi connectivity index (χ1n) is 10.4. The van der Waals surface area contributed by atoms with Crippen molar-refractivity contribution in [2.24, 2.45) is 0 Å². The largest absolute Gasteiger partial charge is 0.493 e. The van der Waals surface area contributed by atoms with Crippen LogP contribution in [-0.4, -0.2) is 55.4 Å². The zero-order valence-electron chi connectivity index (χ0n) is 17.7. The molecule has 31 heavy (non-hydrogen) atoms. The predicted molar refractivity (Wildman–Crippen MR) is 123 cm³/mol. The molecule has 0 atom stereocenters. The summed E-state index contributed by atoms with van der Waals surface area (Å²) in [5.74, 6) is 2.43. The Hall–Kier alpha value is -3.58. The molecule has 5 rings (SSSR count). The molecule has 4 aromatic rings. The van der Waals surface area contributed by atoms with Crippen LogP contribution in [0.4, 0.5) is 5.82 Å². The van der Waals surface area contributed by atoms with E-state index in [0.29, 0.717) is 11.5 Å². The summed E-state index contributed by atoms with van der Waals surface area (Å²) >= 11 is 0. The highest BCUT2D eigenvalue weighted by Gasteiger charge is 2.14. The van der Waals surface area contributed by atoms with E-state index >= 15 is 0 Å². The lowest BCUT2D eigenvalue weighted by Gasteiger charge is -2.28. The van der Waals surface area contributed by atoms with Crippen molar-refractivity contribution in [2.75, 3.05) is 45.3 Å². The number of methoxy groups -OCH3 is 2. The fraction of sp³-hybridized carbons (Fsp3) is 0.250. The molecular formula is C24H25N5O2. The number of anilines is 1. The second-order valence-corrected chi connectivity index (χ2v) is 7.53. The van der Waals surface area contributed by atoms with Gasteiger partial charge < -0.3 is 24.7 Å². The van der Waals surface area contributed by atoms with Crippen LogP contribution in [0, 0.1) is 0 Å². The van der Waals surface area contributed by atoms with Crippen LogP contribution < -0.4 is 19.7 Å². The molecule has 0 bridgehead atoms. The van der Waals surface area contributed by atoms with E-state index in [0.717, 1.165) is 65.3 Å². The highest BCUT2D eigenvalue weighted by molar-refractivity contribution is 5.96. The topological polar surface area (TPSA) is 75.3 Å². The number of ether oxygens (including phenoxy) is 2. The van der Waals surface area contributed by atoms with E-state index in [1.165, 1.54) is 0 Å². The Kier molecular flexibility index (Phi) is 5.18. The molecule has 3 aromatic heterocycles. The Bertz CT molecular complexity index is 1200. The maximum absolute atomic E-state index is 5.47. The van der Waals surface area contributed by atoms with Gasteiger partial charge in [-0.25, -0.2) is 9.97 Å². The van der Waals surface area contributed by atoms with Crippen LogP contribution in [0.3, 0.4) is 0 Å². The molecule has 0 spiro atoms. The third-order valence-electron chi connectivity index (χ3n) is 5.75. The van der Waals surface area contributed by atoms with Crippen LogP contribution >= 0.6 is 0 Å². The van der Waals surface area contributed by atoms with Crippen LogP contribution in [0.15, 0.2) is 55.0 Å². The minimum absolute atomic E-state index is 0.700. The van der Waals surface area contributed by atoms with Crippen LogP contribution in [0.1, 0.15) is 0 Å². The minimum atomic E-state index is 0.700. The Morgan fingerprint density at radius 3 is 2.35 bits per heavy atom. The van der Waals surface area contributed by atoms with Gasteiger partial charge in [-0.2, -0.15) is 0 Å². The van der Waals surface area contributed by atoms with Gasteiger partial charge in [0.15, 0.2) is 11.5 Å². The molecule has 1 aliphatic heterocycles. The third-order valence-corrected chi connectivity index (χ3v) is 5.75. The Balaban J connectivity index is 1.49. The molecule has 1 saturated heterocycles.